The van der Waals surface area contributed by atoms with Crippen molar-refractivity contribution >= 4 is 23.2 Å². The molecule has 1 saturated heterocycles. The number of nitrogens with two attached hydrogens (primary N) is 2. The van der Waals surface area contributed by atoms with Crippen LogP contribution in [0.25, 0.3) is 0 Å². The number of nitriles is 1. The van der Waals surface area contributed by atoms with Crippen molar-refractivity contribution < 1.29 is 4.79 Å². The van der Waals surface area contributed by atoms with Crippen LogP contribution in [0.4, 0.5) is 0 Å². The van der Waals surface area contributed by atoms with Gasteiger partial charge >= 0.3 is 0 Å². The Labute approximate surface area is 187 Å². The molecule has 1 aliphatic rings. The smallest absolute Gasteiger partial charge is 0.250 e. The van der Waals surface area contributed by atoms with E-state index in [-0.39, 0.29) is 12.0 Å². The number of likely N-dealkylation sites (tertiary alicyclic amines) is 1. The number of nitrogens with zero attached hydrogens (tertiary/aromatic N) is 5. The van der Waals surface area contributed by atoms with E-state index in [1.165, 1.54) is 5.56 Å². The van der Waals surface area contributed by atoms with Gasteiger partial charge in [-0.2, -0.15) is 16.6 Å². The van der Waals surface area contributed by atoms with Crippen molar-refractivity contribution in [3.63, 3.8) is 0 Å². The van der Waals surface area contributed by atoms with E-state index >= 15 is 0 Å². The first-order valence-corrected chi connectivity index (χ1v) is 11.4. The Morgan fingerprint density at radius 3 is 2.84 bits per heavy atom. The van der Waals surface area contributed by atoms with Gasteiger partial charge in [-0.1, -0.05) is 0 Å². The van der Waals surface area contributed by atoms with Crippen LogP contribution >= 0.6 is 11.3 Å². The van der Waals surface area contributed by atoms with Crippen molar-refractivity contribution in [1.29, 1.82) is 5.26 Å². The maximum Gasteiger partial charge on any atom is 0.250 e. The zero-order valence-corrected chi connectivity index (χ0v) is 18.6. The molecule has 1 atom stereocenters. The first-order valence-electron chi connectivity index (χ1n) is 10.5. The van der Waals surface area contributed by atoms with E-state index in [0.717, 1.165) is 38.0 Å². The molecule has 0 aliphatic carbocycles. The van der Waals surface area contributed by atoms with Gasteiger partial charge in [0.05, 0.1) is 11.3 Å². The second kappa shape index (κ2) is 10.9. The molecular formula is C22H29N7OS. The van der Waals surface area contributed by atoms with Gasteiger partial charge < -0.3 is 21.3 Å². The molecule has 31 heavy (non-hydrogen) atoms. The normalized spacial score (nSPS) is 16.6. The van der Waals surface area contributed by atoms with E-state index in [1.54, 1.807) is 29.7 Å². The number of aromatic nitrogens is 1. The summed E-state index contributed by atoms with van der Waals surface area (Å²) in [6.45, 7) is 4.76. The fourth-order valence-corrected chi connectivity index (χ4v) is 4.78. The lowest BCUT2D eigenvalue weighted by atomic mass is 9.99. The number of rotatable bonds is 8. The zero-order chi connectivity index (χ0) is 22.2. The van der Waals surface area contributed by atoms with Crippen molar-refractivity contribution in [1.82, 2.24) is 14.8 Å². The molecule has 2 aromatic rings. The number of primary amides is 1. The lowest BCUT2D eigenvalue weighted by Gasteiger charge is -2.41. The first kappa shape index (κ1) is 22.7. The Bertz CT molecular complexity index is 930. The van der Waals surface area contributed by atoms with Crippen molar-refractivity contribution in [2.45, 2.75) is 51.2 Å². The van der Waals surface area contributed by atoms with E-state index in [1.807, 2.05) is 11.6 Å². The van der Waals surface area contributed by atoms with Gasteiger partial charge in [-0.25, -0.2) is 0 Å². The summed E-state index contributed by atoms with van der Waals surface area (Å²) in [6.07, 6.45) is 7.03. The average Bonchev–Trinajstić information content (AvgIpc) is 3.29. The molecule has 0 radical (unpaired) electrons. The number of pyridine rings is 1. The fraction of sp³-hybridized carbons (Fsp3) is 0.455. The Kier molecular flexibility index (Phi) is 7.98. The summed E-state index contributed by atoms with van der Waals surface area (Å²) >= 11 is 1.65. The molecule has 0 bridgehead atoms. The summed E-state index contributed by atoms with van der Waals surface area (Å²) in [5, 5.41) is 13.1. The lowest BCUT2D eigenvalue weighted by Crippen LogP contribution is -2.51. The molecule has 0 saturated carbocycles. The quantitative estimate of drug-likeness (QED) is 0.369. The van der Waals surface area contributed by atoms with E-state index in [9.17, 15) is 4.79 Å². The molecule has 0 aromatic carbocycles. The Morgan fingerprint density at radius 1 is 1.42 bits per heavy atom. The Morgan fingerprint density at radius 2 is 2.19 bits per heavy atom. The van der Waals surface area contributed by atoms with E-state index < -0.39 is 5.91 Å². The predicted molar refractivity (Wildman–Crippen MR) is 122 cm³/mol. The van der Waals surface area contributed by atoms with Crippen LogP contribution in [0.15, 0.2) is 40.1 Å². The lowest BCUT2D eigenvalue weighted by molar-refractivity contribution is 0.0997. The molecule has 164 valence electrons. The van der Waals surface area contributed by atoms with Gasteiger partial charge in [-0.3, -0.25) is 9.78 Å². The second-order valence-corrected chi connectivity index (χ2v) is 8.63. The number of piperidine rings is 1. The number of guanidine groups is 1. The van der Waals surface area contributed by atoms with Crippen LogP contribution in [0.3, 0.4) is 0 Å². The second-order valence-electron chi connectivity index (χ2n) is 7.85. The average molecular weight is 440 g/mol. The summed E-state index contributed by atoms with van der Waals surface area (Å²) < 4.78 is 0. The van der Waals surface area contributed by atoms with Gasteiger partial charge in [0, 0.05) is 37.9 Å². The molecule has 2 aromatic heterocycles. The van der Waals surface area contributed by atoms with Crippen molar-refractivity contribution in [2.75, 3.05) is 13.1 Å². The SMILES string of the molecule is C[C@H](CCc1ncccc1C(N)=O)N1CCC(N(Cc2ccsc2)C(N)=NC#N)CC1. The molecule has 4 N–H and O–H groups in total. The van der Waals surface area contributed by atoms with Gasteiger partial charge in [0.1, 0.15) is 0 Å². The highest BCUT2D eigenvalue weighted by atomic mass is 32.1. The summed E-state index contributed by atoms with van der Waals surface area (Å²) in [7, 11) is 0. The first-order chi connectivity index (χ1) is 15.0. The molecule has 9 heteroatoms. The highest BCUT2D eigenvalue weighted by Gasteiger charge is 2.28. The van der Waals surface area contributed by atoms with Crippen LogP contribution in [0, 0.1) is 11.5 Å². The molecule has 1 fully saturated rings. The van der Waals surface area contributed by atoms with E-state index in [0.29, 0.717) is 24.6 Å². The van der Waals surface area contributed by atoms with E-state index in [4.69, 9.17) is 16.7 Å². The molecule has 0 spiro atoms. The minimum absolute atomic E-state index is 0.248. The third-order valence-corrected chi connectivity index (χ3v) is 6.64. The standard InChI is InChI=1S/C22H29N7OS/c1-16(4-5-20-19(21(24)30)3-2-9-26-20)28-10-6-18(7-11-28)29(22(25)27-15-23)13-17-8-12-31-14-17/h2-3,8-9,12,14,16,18H,4-7,10-11,13H2,1H3,(H2,24,30)(H2,25,27)/t16-/m1/s1. The van der Waals surface area contributed by atoms with Crippen LogP contribution in [0.1, 0.15) is 47.8 Å². The number of carbonyl (C=O) groups excluding carboxylic acids is 1. The maximum absolute atomic E-state index is 11.6. The summed E-state index contributed by atoms with van der Waals surface area (Å²) in [4.78, 5) is 24.3. The Balaban J connectivity index is 1.56. The highest BCUT2D eigenvalue weighted by Crippen LogP contribution is 2.22. The van der Waals surface area contributed by atoms with Gasteiger partial charge in [-0.15, -0.1) is 4.99 Å². The van der Waals surface area contributed by atoms with Crippen molar-refractivity contribution in [3.05, 3.63) is 52.0 Å². The maximum atomic E-state index is 11.6. The fourth-order valence-electron chi connectivity index (χ4n) is 4.12. The van der Waals surface area contributed by atoms with Gasteiger partial charge in [-0.05, 0) is 67.1 Å². The summed E-state index contributed by atoms with van der Waals surface area (Å²) in [6, 6.07) is 6.15. The molecule has 1 aliphatic heterocycles. The molecule has 3 heterocycles. The number of carbonyl (C=O) groups is 1. The van der Waals surface area contributed by atoms with Crippen LogP contribution < -0.4 is 11.5 Å². The molecule has 3 rings (SSSR count). The van der Waals surface area contributed by atoms with Crippen LogP contribution in [-0.4, -0.2) is 51.8 Å². The van der Waals surface area contributed by atoms with Crippen LogP contribution in [0.2, 0.25) is 0 Å². The largest absolute Gasteiger partial charge is 0.369 e. The number of hydrogen-bond acceptors (Lipinski definition) is 6. The zero-order valence-electron chi connectivity index (χ0n) is 17.8. The number of aliphatic imine (C=N–C) groups is 1. The molecule has 1 amide bonds. The monoisotopic (exact) mass is 439 g/mol. The summed E-state index contributed by atoms with van der Waals surface area (Å²) in [5.74, 6) is -0.145. The number of hydrogen-bond donors (Lipinski definition) is 2. The minimum atomic E-state index is -0.432. The van der Waals surface area contributed by atoms with E-state index in [2.05, 4.69) is 38.1 Å². The third kappa shape index (κ3) is 6.03. The van der Waals surface area contributed by atoms with Crippen LogP contribution in [-0.2, 0) is 13.0 Å². The van der Waals surface area contributed by atoms with Crippen molar-refractivity contribution in [3.8, 4) is 6.19 Å². The van der Waals surface area contributed by atoms with Crippen molar-refractivity contribution in [2.24, 2.45) is 16.5 Å². The third-order valence-electron chi connectivity index (χ3n) is 5.91. The predicted octanol–water partition coefficient (Wildman–Crippen LogP) is 2.33. The van der Waals surface area contributed by atoms with Gasteiger partial charge in [0.25, 0.3) is 5.91 Å². The Hall–Kier alpha value is -2.96. The van der Waals surface area contributed by atoms with Gasteiger partial charge in [0.2, 0.25) is 12.2 Å². The number of thiophene rings is 1. The molecule has 8 nitrogen and oxygen atoms in total. The number of amides is 1. The summed E-state index contributed by atoms with van der Waals surface area (Å²) in [5.41, 5.74) is 14.0. The minimum Gasteiger partial charge on any atom is -0.369 e. The topological polar surface area (TPSA) is 125 Å². The number of aryl methyl sites for hydroxylation is 1. The van der Waals surface area contributed by atoms with Gasteiger partial charge in [0.15, 0.2) is 0 Å². The van der Waals surface area contributed by atoms with Crippen LogP contribution in [0.5, 0.6) is 0 Å². The molecular weight excluding hydrogens is 410 g/mol. The highest BCUT2D eigenvalue weighted by molar-refractivity contribution is 7.07. The molecule has 0 unspecified atom stereocenters.